The van der Waals surface area contributed by atoms with Gasteiger partial charge in [-0.05, 0) is 24.6 Å². The van der Waals surface area contributed by atoms with Crippen molar-refractivity contribution in [3.8, 4) is 0 Å². The van der Waals surface area contributed by atoms with Gasteiger partial charge in [0.05, 0.1) is 12.0 Å². The van der Waals surface area contributed by atoms with Gasteiger partial charge in [0.1, 0.15) is 5.78 Å². The van der Waals surface area contributed by atoms with Gasteiger partial charge < -0.3 is 15.7 Å². The van der Waals surface area contributed by atoms with Crippen molar-refractivity contribution < 1.29 is 36.6 Å². The molecule has 2 rings (SSSR count). The average molecular weight is 338 g/mol. The first-order valence-electron chi connectivity index (χ1n) is 6.30. The van der Waals surface area contributed by atoms with Crippen molar-refractivity contribution in [2.45, 2.75) is 24.9 Å². The highest BCUT2D eigenvalue weighted by Gasteiger charge is 2.65. The number of ketones is 1. The Balaban J connectivity index is 2.58. The number of amides is 2. The fourth-order valence-corrected chi connectivity index (χ4v) is 2.51. The molecular formula is C13H11F5N2O3. The summed E-state index contributed by atoms with van der Waals surface area (Å²) < 4.78 is 65.8. The highest BCUT2D eigenvalue weighted by Crippen LogP contribution is 2.42. The standard InChI is InChI=1S/C13H11F5N2O3/c1-5(21)9-10(6-2-3-7(14)8(15)4-6)19-11(22)20-12(9,23)13(16,17)18/h2-4,9-10,23H,1H3,(H2,19,20,22)/t9-,10-,12+/m1/s1. The van der Waals surface area contributed by atoms with Gasteiger partial charge in [-0.2, -0.15) is 13.2 Å². The quantitative estimate of drug-likeness (QED) is 0.719. The number of nitrogens with one attached hydrogen (secondary N) is 2. The summed E-state index contributed by atoms with van der Waals surface area (Å²) in [6.07, 6.45) is -5.36. The third-order valence-electron chi connectivity index (χ3n) is 3.55. The third kappa shape index (κ3) is 2.85. The molecule has 0 radical (unpaired) electrons. The van der Waals surface area contributed by atoms with Crippen LogP contribution in [0.2, 0.25) is 0 Å². The molecule has 10 heteroatoms. The summed E-state index contributed by atoms with van der Waals surface area (Å²) in [5, 5.41) is 13.2. The number of hydrogen-bond donors (Lipinski definition) is 3. The zero-order valence-corrected chi connectivity index (χ0v) is 11.5. The van der Waals surface area contributed by atoms with Gasteiger partial charge in [-0.25, -0.2) is 13.6 Å². The first kappa shape index (κ1) is 17.1. The number of rotatable bonds is 2. The Kier molecular flexibility index (Phi) is 4.05. The number of Topliss-reactive ketones (excluding diaryl/α,β-unsaturated/α-hetero) is 1. The van der Waals surface area contributed by atoms with Gasteiger partial charge >= 0.3 is 12.2 Å². The molecule has 1 aromatic carbocycles. The molecule has 0 saturated carbocycles. The topological polar surface area (TPSA) is 78.4 Å². The van der Waals surface area contributed by atoms with Crippen LogP contribution in [0.4, 0.5) is 26.7 Å². The molecule has 3 N–H and O–H groups in total. The van der Waals surface area contributed by atoms with Gasteiger partial charge in [0.15, 0.2) is 11.6 Å². The molecule has 1 aromatic rings. The van der Waals surface area contributed by atoms with E-state index in [1.807, 2.05) is 5.32 Å². The fraction of sp³-hybridized carbons (Fsp3) is 0.385. The lowest BCUT2D eigenvalue weighted by molar-refractivity contribution is -0.290. The SMILES string of the molecule is CC(=O)[C@@H]1[C@@H](c2ccc(F)c(F)c2)NC(=O)N[C@@]1(O)C(F)(F)F. The van der Waals surface area contributed by atoms with Crippen molar-refractivity contribution in [1.82, 2.24) is 10.6 Å². The Morgan fingerprint density at radius 3 is 2.35 bits per heavy atom. The maximum absolute atomic E-state index is 13.3. The Labute approximate surface area is 126 Å². The number of benzene rings is 1. The normalized spacial score (nSPS) is 28.0. The van der Waals surface area contributed by atoms with E-state index in [2.05, 4.69) is 0 Å². The second-order valence-electron chi connectivity index (χ2n) is 5.10. The fourth-order valence-electron chi connectivity index (χ4n) is 2.51. The number of aliphatic hydroxyl groups is 1. The zero-order valence-electron chi connectivity index (χ0n) is 11.5. The molecule has 5 nitrogen and oxygen atoms in total. The molecule has 23 heavy (non-hydrogen) atoms. The minimum Gasteiger partial charge on any atom is -0.363 e. The minimum atomic E-state index is -5.36. The molecule has 126 valence electrons. The van der Waals surface area contributed by atoms with E-state index in [9.17, 15) is 36.6 Å². The number of hydrogen-bond acceptors (Lipinski definition) is 3. The lowest BCUT2D eigenvalue weighted by Crippen LogP contribution is -2.72. The molecule has 0 unspecified atom stereocenters. The Morgan fingerprint density at radius 2 is 1.87 bits per heavy atom. The van der Waals surface area contributed by atoms with Crippen molar-refractivity contribution in [3.05, 3.63) is 35.4 Å². The van der Waals surface area contributed by atoms with Crippen LogP contribution in [-0.2, 0) is 4.79 Å². The summed E-state index contributed by atoms with van der Waals surface area (Å²) in [7, 11) is 0. The predicted molar refractivity (Wildman–Crippen MR) is 65.9 cm³/mol. The summed E-state index contributed by atoms with van der Waals surface area (Å²) in [5.74, 6) is -5.91. The van der Waals surface area contributed by atoms with Gasteiger partial charge in [-0.3, -0.25) is 4.79 Å². The summed E-state index contributed by atoms with van der Waals surface area (Å²) in [5.41, 5.74) is -4.13. The van der Waals surface area contributed by atoms with E-state index in [4.69, 9.17) is 0 Å². The molecule has 0 bridgehead atoms. The molecule has 1 aliphatic heterocycles. The Morgan fingerprint density at radius 1 is 1.26 bits per heavy atom. The Bertz CT molecular complexity index is 664. The minimum absolute atomic E-state index is 0.290. The van der Waals surface area contributed by atoms with Crippen LogP contribution in [0.1, 0.15) is 18.5 Å². The third-order valence-corrected chi connectivity index (χ3v) is 3.55. The number of urea groups is 1. The van der Waals surface area contributed by atoms with E-state index < -0.39 is 47.3 Å². The van der Waals surface area contributed by atoms with E-state index in [-0.39, 0.29) is 5.56 Å². The molecule has 0 spiro atoms. The molecule has 1 fully saturated rings. The summed E-state index contributed by atoms with van der Waals surface area (Å²) in [6.45, 7) is 0.785. The molecule has 1 heterocycles. The van der Waals surface area contributed by atoms with Crippen LogP contribution >= 0.6 is 0 Å². The van der Waals surface area contributed by atoms with Crippen LogP contribution < -0.4 is 10.6 Å². The number of halogens is 5. The van der Waals surface area contributed by atoms with Gasteiger partial charge in [0.25, 0.3) is 0 Å². The highest BCUT2D eigenvalue weighted by atomic mass is 19.4. The van der Waals surface area contributed by atoms with Crippen molar-refractivity contribution in [2.75, 3.05) is 0 Å². The molecule has 1 aliphatic rings. The van der Waals surface area contributed by atoms with Crippen LogP contribution in [0.3, 0.4) is 0 Å². The van der Waals surface area contributed by atoms with Crippen LogP contribution in [0.15, 0.2) is 18.2 Å². The van der Waals surface area contributed by atoms with Crippen LogP contribution in [0.5, 0.6) is 0 Å². The zero-order chi connectivity index (χ0) is 17.6. The summed E-state index contributed by atoms with van der Waals surface area (Å²) >= 11 is 0. The molecular weight excluding hydrogens is 327 g/mol. The highest BCUT2D eigenvalue weighted by molar-refractivity contribution is 5.86. The van der Waals surface area contributed by atoms with Gasteiger partial charge in [-0.15, -0.1) is 0 Å². The monoisotopic (exact) mass is 338 g/mol. The van der Waals surface area contributed by atoms with E-state index in [0.717, 1.165) is 13.0 Å². The Hall–Kier alpha value is -2.23. The first-order chi connectivity index (χ1) is 10.5. The molecule has 0 aliphatic carbocycles. The number of carbonyl (C=O) groups is 2. The van der Waals surface area contributed by atoms with Crippen LogP contribution in [-0.4, -0.2) is 28.8 Å². The smallest absolute Gasteiger partial charge is 0.363 e. The molecule has 2 amide bonds. The van der Waals surface area contributed by atoms with Crippen molar-refractivity contribution in [2.24, 2.45) is 5.92 Å². The predicted octanol–water partition coefficient (Wildman–Crippen LogP) is 1.77. The first-order valence-corrected chi connectivity index (χ1v) is 6.30. The van der Waals surface area contributed by atoms with Crippen LogP contribution in [0.25, 0.3) is 0 Å². The van der Waals surface area contributed by atoms with E-state index in [1.54, 1.807) is 0 Å². The van der Waals surface area contributed by atoms with E-state index in [1.165, 1.54) is 5.32 Å². The average Bonchev–Trinajstić information content (AvgIpc) is 2.39. The van der Waals surface area contributed by atoms with E-state index in [0.29, 0.717) is 12.1 Å². The molecule has 0 aromatic heterocycles. The summed E-state index contributed by atoms with van der Waals surface area (Å²) in [4.78, 5) is 23.2. The lowest BCUT2D eigenvalue weighted by atomic mass is 9.79. The van der Waals surface area contributed by atoms with Crippen molar-refractivity contribution in [1.29, 1.82) is 0 Å². The molecule has 3 atom stereocenters. The van der Waals surface area contributed by atoms with Gasteiger partial charge in [0, 0.05) is 0 Å². The second kappa shape index (κ2) is 5.44. The second-order valence-corrected chi connectivity index (χ2v) is 5.10. The maximum Gasteiger partial charge on any atom is 0.437 e. The number of carbonyl (C=O) groups excluding carboxylic acids is 2. The molecule has 1 saturated heterocycles. The lowest BCUT2D eigenvalue weighted by Gasteiger charge is -2.44. The van der Waals surface area contributed by atoms with Gasteiger partial charge in [-0.1, -0.05) is 6.07 Å². The van der Waals surface area contributed by atoms with Crippen LogP contribution in [0, 0.1) is 17.6 Å². The largest absolute Gasteiger partial charge is 0.437 e. The maximum atomic E-state index is 13.3. The summed E-state index contributed by atoms with van der Waals surface area (Å²) in [6, 6.07) is -0.984. The van der Waals surface area contributed by atoms with Gasteiger partial charge in [0.2, 0.25) is 5.72 Å². The van der Waals surface area contributed by atoms with Crippen molar-refractivity contribution in [3.63, 3.8) is 0 Å². The number of alkyl halides is 3. The van der Waals surface area contributed by atoms with E-state index >= 15 is 0 Å². The van der Waals surface area contributed by atoms with Crippen molar-refractivity contribution >= 4 is 11.8 Å².